The highest BCUT2D eigenvalue weighted by Crippen LogP contribution is 2.25. The van der Waals surface area contributed by atoms with Crippen molar-refractivity contribution < 1.29 is 13.2 Å². The fraction of sp³-hybridized carbons (Fsp3) is 0.350. The molecule has 144 valence electrons. The summed E-state index contributed by atoms with van der Waals surface area (Å²) in [6, 6.07) is 14.5. The third kappa shape index (κ3) is 4.89. The van der Waals surface area contributed by atoms with Crippen LogP contribution in [0, 0.1) is 12.8 Å². The second kappa shape index (κ2) is 8.42. The molecule has 2 aromatic rings. The van der Waals surface area contributed by atoms with Crippen LogP contribution in [0.4, 0.5) is 5.69 Å². The maximum Gasteiger partial charge on any atom is 0.228 e. The van der Waals surface area contributed by atoms with Gasteiger partial charge in [0.25, 0.3) is 0 Å². The highest BCUT2D eigenvalue weighted by atomic mass is 35.5. The van der Waals surface area contributed by atoms with E-state index in [0.717, 1.165) is 11.3 Å². The van der Waals surface area contributed by atoms with E-state index in [1.807, 2.05) is 31.2 Å². The van der Waals surface area contributed by atoms with Crippen molar-refractivity contribution in [2.75, 3.05) is 18.4 Å². The topological polar surface area (TPSA) is 66.5 Å². The molecular formula is C20H23ClN2O3S. The van der Waals surface area contributed by atoms with Crippen molar-refractivity contribution >= 4 is 33.2 Å². The molecule has 0 spiro atoms. The summed E-state index contributed by atoms with van der Waals surface area (Å²) >= 11 is 6.11. The Morgan fingerprint density at radius 1 is 1.19 bits per heavy atom. The fourth-order valence-electron chi connectivity index (χ4n) is 3.26. The summed E-state index contributed by atoms with van der Waals surface area (Å²) in [7, 11) is -3.54. The number of anilines is 1. The van der Waals surface area contributed by atoms with Crippen LogP contribution in [-0.2, 0) is 20.6 Å². The van der Waals surface area contributed by atoms with Gasteiger partial charge in [-0.2, -0.15) is 0 Å². The van der Waals surface area contributed by atoms with Crippen molar-refractivity contribution in [3.8, 4) is 0 Å². The summed E-state index contributed by atoms with van der Waals surface area (Å²) in [5, 5.41) is 3.37. The first-order valence-electron chi connectivity index (χ1n) is 8.94. The first kappa shape index (κ1) is 19.9. The van der Waals surface area contributed by atoms with E-state index >= 15 is 0 Å². The molecule has 1 aliphatic heterocycles. The molecule has 0 aromatic heterocycles. The largest absolute Gasteiger partial charge is 0.326 e. The molecule has 1 fully saturated rings. The average molecular weight is 407 g/mol. The van der Waals surface area contributed by atoms with Crippen molar-refractivity contribution in [3.05, 3.63) is 64.7 Å². The molecular weight excluding hydrogens is 384 g/mol. The number of hydrogen-bond donors (Lipinski definition) is 1. The Bertz CT molecular complexity index is 930. The molecule has 0 radical (unpaired) electrons. The quantitative estimate of drug-likeness (QED) is 0.820. The molecule has 7 heteroatoms. The summed E-state index contributed by atoms with van der Waals surface area (Å²) < 4.78 is 27.1. The highest BCUT2D eigenvalue weighted by Gasteiger charge is 2.32. The van der Waals surface area contributed by atoms with Gasteiger partial charge in [-0.05, 0) is 43.0 Å². The third-order valence-corrected chi connectivity index (χ3v) is 7.01. The van der Waals surface area contributed by atoms with Crippen molar-refractivity contribution in [3.63, 3.8) is 0 Å². The lowest BCUT2D eigenvalue weighted by Crippen LogP contribution is -2.44. The number of rotatable bonds is 5. The lowest BCUT2D eigenvalue weighted by atomic mass is 9.98. The number of amides is 1. The van der Waals surface area contributed by atoms with E-state index in [1.165, 1.54) is 4.31 Å². The van der Waals surface area contributed by atoms with E-state index in [9.17, 15) is 13.2 Å². The van der Waals surface area contributed by atoms with Crippen LogP contribution in [0.3, 0.4) is 0 Å². The van der Waals surface area contributed by atoms with Crippen molar-refractivity contribution in [2.24, 2.45) is 5.92 Å². The maximum absolute atomic E-state index is 12.8. The van der Waals surface area contributed by atoms with Gasteiger partial charge in [-0.3, -0.25) is 4.79 Å². The van der Waals surface area contributed by atoms with E-state index in [2.05, 4.69) is 5.32 Å². The minimum absolute atomic E-state index is 0.137. The maximum atomic E-state index is 12.8. The zero-order valence-electron chi connectivity index (χ0n) is 15.2. The summed E-state index contributed by atoms with van der Waals surface area (Å²) in [6.45, 7) is 2.56. The van der Waals surface area contributed by atoms with Crippen LogP contribution in [-0.4, -0.2) is 31.7 Å². The van der Waals surface area contributed by atoms with Crippen LogP contribution >= 0.6 is 11.6 Å². The Kier molecular flexibility index (Phi) is 6.19. The number of nitrogens with one attached hydrogen (secondary N) is 1. The van der Waals surface area contributed by atoms with E-state index < -0.39 is 10.0 Å². The molecule has 27 heavy (non-hydrogen) atoms. The van der Waals surface area contributed by atoms with Gasteiger partial charge < -0.3 is 5.32 Å². The van der Waals surface area contributed by atoms with Crippen LogP contribution in [0.25, 0.3) is 0 Å². The summed E-state index contributed by atoms with van der Waals surface area (Å²) in [5.41, 5.74) is 2.31. The highest BCUT2D eigenvalue weighted by molar-refractivity contribution is 7.88. The number of halogens is 1. The van der Waals surface area contributed by atoms with E-state index in [-0.39, 0.29) is 24.1 Å². The lowest BCUT2D eigenvalue weighted by molar-refractivity contribution is -0.120. The van der Waals surface area contributed by atoms with Gasteiger partial charge >= 0.3 is 0 Å². The molecule has 0 bridgehead atoms. The van der Waals surface area contributed by atoms with Gasteiger partial charge in [0, 0.05) is 23.8 Å². The van der Waals surface area contributed by atoms with Crippen molar-refractivity contribution in [2.45, 2.75) is 25.5 Å². The molecule has 0 saturated carbocycles. The average Bonchev–Trinajstić information content (AvgIpc) is 2.65. The number of nitrogens with zero attached hydrogens (tertiary/aromatic N) is 1. The van der Waals surface area contributed by atoms with Gasteiger partial charge in [-0.1, -0.05) is 48.0 Å². The van der Waals surface area contributed by atoms with Gasteiger partial charge in [-0.15, -0.1) is 0 Å². The first-order valence-corrected chi connectivity index (χ1v) is 10.9. The normalized spacial score (nSPS) is 18.2. The Balaban J connectivity index is 1.69. The molecule has 1 N–H and O–H groups in total. The smallest absolute Gasteiger partial charge is 0.228 e. The molecule has 1 saturated heterocycles. The van der Waals surface area contributed by atoms with Crippen LogP contribution in [0.15, 0.2) is 48.5 Å². The van der Waals surface area contributed by atoms with E-state index in [4.69, 9.17) is 11.6 Å². The SMILES string of the molecule is Cc1ccccc1NC(=O)[C@@H]1CCCN(S(=O)(=O)Cc2ccccc2Cl)C1. The van der Waals surface area contributed by atoms with E-state index in [0.29, 0.717) is 30.0 Å². The standard InChI is InChI=1S/C20H23ClN2O3S/c1-15-7-2-5-11-19(15)22-20(24)16-9-6-12-23(13-16)27(25,26)14-17-8-3-4-10-18(17)21/h2-5,7-8,10-11,16H,6,9,12-14H2,1H3,(H,22,24)/t16-/m1/s1. The fourth-order valence-corrected chi connectivity index (χ4v) is 5.18. The Labute approximate surface area is 165 Å². The van der Waals surface area contributed by atoms with Gasteiger partial charge in [0.1, 0.15) is 0 Å². The first-order chi connectivity index (χ1) is 12.9. The predicted molar refractivity (Wildman–Crippen MR) is 108 cm³/mol. The zero-order chi connectivity index (χ0) is 19.4. The lowest BCUT2D eigenvalue weighted by Gasteiger charge is -2.31. The summed E-state index contributed by atoms with van der Waals surface area (Å²) in [4.78, 5) is 12.7. The molecule has 1 amide bonds. The molecule has 1 aliphatic rings. The van der Waals surface area contributed by atoms with Crippen LogP contribution in [0.5, 0.6) is 0 Å². The summed E-state index contributed by atoms with van der Waals surface area (Å²) in [6.07, 6.45) is 1.34. The third-order valence-electron chi connectivity index (χ3n) is 4.85. The van der Waals surface area contributed by atoms with Gasteiger partial charge in [0.15, 0.2) is 0 Å². The second-order valence-electron chi connectivity index (χ2n) is 6.85. The Morgan fingerprint density at radius 3 is 2.63 bits per heavy atom. The minimum Gasteiger partial charge on any atom is -0.326 e. The second-order valence-corrected chi connectivity index (χ2v) is 9.23. The zero-order valence-corrected chi connectivity index (χ0v) is 16.8. The number of hydrogen-bond acceptors (Lipinski definition) is 3. The van der Waals surface area contributed by atoms with Gasteiger partial charge in [0.2, 0.25) is 15.9 Å². The number of piperidine rings is 1. The van der Waals surface area contributed by atoms with Gasteiger partial charge in [0.05, 0.1) is 11.7 Å². The molecule has 1 heterocycles. The van der Waals surface area contributed by atoms with Gasteiger partial charge in [-0.25, -0.2) is 12.7 Å². The van der Waals surface area contributed by atoms with E-state index in [1.54, 1.807) is 24.3 Å². The van der Waals surface area contributed by atoms with Crippen LogP contribution in [0.2, 0.25) is 5.02 Å². The molecule has 0 unspecified atom stereocenters. The number of aryl methyl sites for hydroxylation is 1. The molecule has 1 atom stereocenters. The Morgan fingerprint density at radius 2 is 1.89 bits per heavy atom. The number of carbonyl (C=O) groups is 1. The monoisotopic (exact) mass is 406 g/mol. The van der Waals surface area contributed by atoms with Crippen LogP contribution < -0.4 is 5.32 Å². The van der Waals surface area contributed by atoms with Crippen molar-refractivity contribution in [1.29, 1.82) is 0 Å². The number of sulfonamides is 1. The Hall–Kier alpha value is -1.89. The molecule has 5 nitrogen and oxygen atoms in total. The molecule has 2 aromatic carbocycles. The van der Waals surface area contributed by atoms with Crippen molar-refractivity contribution in [1.82, 2.24) is 4.31 Å². The molecule has 3 rings (SSSR count). The minimum atomic E-state index is -3.54. The molecule has 0 aliphatic carbocycles. The number of para-hydroxylation sites is 1. The number of benzene rings is 2. The summed E-state index contributed by atoms with van der Waals surface area (Å²) in [5.74, 6) is -0.653. The van der Waals surface area contributed by atoms with Crippen LogP contribution in [0.1, 0.15) is 24.0 Å². The predicted octanol–water partition coefficient (Wildman–Crippen LogP) is 3.83. The number of carbonyl (C=O) groups excluding carboxylic acids is 1.